The second-order valence-electron chi connectivity index (χ2n) is 7.27. The number of hydrogen-bond donors (Lipinski definition) is 2. The fourth-order valence-electron chi connectivity index (χ4n) is 2.90. The lowest BCUT2D eigenvalue weighted by Gasteiger charge is -2.26. The average molecular weight is 504 g/mol. The molecule has 0 aliphatic rings. The summed E-state index contributed by atoms with van der Waals surface area (Å²) in [6, 6.07) is 16.4. The minimum Gasteiger partial charge on any atom is -0.357 e. The topological polar surface area (TPSA) is 67.1 Å². The van der Waals surface area contributed by atoms with Crippen LogP contribution in [-0.2, 0) is 12.0 Å². The summed E-state index contributed by atoms with van der Waals surface area (Å²) in [5.41, 5.74) is 2.39. The van der Waals surface area contributed by atoms with Gasteiger partial charge >= 0.3 is 0 Å². The van der Waals surface area contributed by atoms with Crippen molar-refractivity contribution in [1.29, 1.82) is 0 Å². The van der Waals surface area contributed by atoms with E-state index in [1.807, 2.05) is 30.5 Å². The molecule has 0 aliphatic heterocycles. The summed E-state index contributed by atoms with van der Waals surface area (Å²) in [4.78, 5) is 9.11. The minimum atomic E-state index is 0. The van der Waals surface area contributed by atoms with Gasteiger partial charge in [-0.2, -0.15) is 5.10 Å². The van der Waals surface area contributed by atoms with Gasteiger partial charge in [-0.3, -0.25) is 0 Å². The minimum absolute atomic E-state index is 0. The highest BCUT2D eigenvalue weighted by molar-refractivity contribution is 14.0. The molecule has 0 atom stereocenters. The molecular weight excluding hydrogens is 475 g/mol. The second-order valence-corrected chi connectivity index (χ2v) is 7.27. The molecule has 0 bridgehead atoms. The summed E-state index contributed by atoms with van der Waals surface area (Å²) in [5, 5.41) is 11.0. The number of halogens is 1. The highest BCUT2D eigenvalue weighted by atomic mass is 127. The summed E-state index contributed by atoms with van der Waals surface area (Å²) < 4.78 is 1.75. The molecule has 2 aromatic heterocycles. The van der Waals surface area contributed by atoms with E-state index in [2.05, 4.69) is 65.8 Å². The predicted octanol–water partition coefficient (Wildman–Crippen LogP) is 3.92. The predicted molar refractivity (Wildman–Crippen MR) is 129 cm³/mol. The Hall–Kier alpha value is -2.42. The molecule has 0 saturated heterocycles. The molecule has 0 unspecified atom stereocenters. The Bertz CT molecular complexity index is 891. The van der Waals surface area contributed by atoms with E-state index in [0.29, 0.717) is 6.54 Å². The largest absolute Gasteiger partial charge is 0.357 e. The zero-order chi connectivity index (χ0) is 19.8. The van der Waals surface area contributed by atoms with Gasteiger partial charge in [-0.15, -0.1) is 24.0 Å². The van der Waals surface area contributed by atoms with Crippen LogP contribution in [0.3, 0.4) is 0 Å². The van der Waals surface area contributed by atoms with Gasteiger partial charge in [-0.1, -0.05) is 44.2 Å². The Morgan fingerprint density at radius 1 is 1.07 bits per heavy atom. The lowest BCUT2D eigenvalue weighted by Crippen LogP contribution is -2.43. The van der Waals surface area contributed by atoms with E-state index in [4.69, 9.17) is 4.99 Å². The molecule has 3 aromatic rings. The van der Waals surface area contributed by atoms with E-state index in [0.717, 1.165) is 30.4 Å². The molecule has 2 N–H and O–H groups in total. The Morgan fingerprint density at radius 2 is 1.86 bits per heavy atom. The zero-order valence-electron chi connectivity index (χ0n) is 17.2. The molecular formula is C22H29IN6. The molecule has 29 heavy (non-hydrogen) atoms. The molecule has 7 heteroatoms. The van der Waals surface area contributed by atoms with Crippen LogP contribution < -0.4 is 10.6 Å². The Morgan fingerprint density at radius 3 is 2.55 bits per heavy atom. The van der Waals surface area contributed by atoms with Gasteiger partial charge in [0.1, 0.15) is 0 Å². The van der Waals surface area contributed by atoms with Gasteiger partial charge in [-0.25, -0.2) is 14.7 Å². The van der Waals surface area contributed by atoms with E-state index in [-0.39, 0.29) is 29.4 Å². The molecule has 1 aromatic carbocycles. The number of benzene rings is 1. The van der Waals surface area contributed by atoms with Crippen molar-refractivity contribution < 1.29 is 0 Å². The van der Waals surface area contributed by atoms with Gasteiger partial charge in [0.25, 0.3) is 0 Å². The van der Waals surface area contributed by atoms with Crippen molar-refractivity contribution in [3.63, 3.8) is 0 Å². The fraction of sp³-hybridized carbons (Fsp3) is 0.318. The van der Waals surface area contributed by atoms with Crippen LogP contribution in [0.1, 0.15) is 31.9 Å². The van der Waals surface area contributed by atoms with Gasteiger partial charge in [0.2, 0.25) is 0 Å². The van der Waals surface area contributed by atoms with Crippen molar-refractivity contribution in [2.45, 2.75) is 32.7 Å². The maximum absolute atomic E-state index is 4.74. The van der Waals surface area contributed by atoms with Gasteiger partial charge in [-0.05, 0) is 36.2 Å². The number of rotatable bonds is 7. The monoisotopic (exact) mass is 504 g/mol. The van der Waals surface area contributed by atoms with E-state index in [1.54, 1.807) is 17.1 Å². The van der Waals surface area contributed by atoms with Crippen molar-refractivity contribution in [2.75, 3.05) is 13.1 Å². The first-order chi connectivity index (χ1) is 13.6. The van der Waals surface area contributed by atoms with E-state index >= 15 is 0 Å². The van der Waals surface area contributed by atoms with Crippen LogP contribution in [-0.4, -0.2) is 33.8 Å². The van der Waals surface area contributed by atoms with E-state index in [9.17, 15) is 0 Å². The number of hydrogen-bond acceptors (Lipinski definition) is 3. The van der Waals surface area contributed by atoms with Crippen molar-refractivity contribution in [3.8, 4) is 5.82 Å². The fourth-order valence-corrected chi connectivity index (χ4v) is 2.90. The SMILES string of the molecule is CCNC(=NCc1ccnc(-n2cccn2)c1)NCC(C)(C)c1ccccc1.I. The maximum Gasteiger partial charge on any atom is 0.191 e. The van der Waals surface area contributed by atoms with Crippen LogP contribution in [0.4, 0.5) is 0 Å². The highest BCUT2D eigenvalue weighted by Gasteiger charge is 2.20. The van der Waals surface area contributed by atoms with Crippen molar-refractivity contribution >= 4 is 29.9 Å². The summed E-state index contributed by atoms with van der Waals surface area (Å²) in [6.07, 6.45) is 5.42. The summed E-state index contributed by atoms with van der Waals surface area (Å²) >= 11 is 0. The Balaban J connectivity index is 0.00000300. The van der Waals surface area contributed by atoms with Crippen LogP contribution in [0.5, 0.6) is 0 Å². The van der Waals surface area contributed by atoms with Gasteiger partial charge in [0.15, 0.2) is 11.8 Å². The third-order valence-corrected chi connectivity index (χ3v) is 4.57. The van der Waals surface area contributed by atoms with Crippen LogP contribution in [0.2, 0.25) is 0 Å². The molecule has 2 heterocycles. The van der Waals surface area contributed by atoms with E-state index < -0.39 is 0 Å². The van der Waals surface area contributed by atoms with Crippen LogP contribution in [0.15, 0.2) is 72.1 Å². The third-order valence-electron chi connectivity index (χ3n) is 4.57. The van der Waals surface area contributed by atoms with Gasteiger partial charge in [0.05, 0.1) is 6.54 Å². The molecule has 6 nitrogen and oxygen atoms in total. The third kappa shape index (κ3) is 6.56. The number of pyridine rings is 1. The Kier molecular flexibility index (Phi) is 8.63. The average Bonchev–Trinajstić information content (AvgIpc) is 3.26. The summed E-state index contributed by atoms with van der Waals surface area (Å²) in [5.74, 6) is 1.60. The van der Waals surface area contributed by atoms with E-state index in [1.165, 1.54) is 5.56 Å². The van der Waals surface area contributed by atoms with Crippen LogP contribution >= 0.6 is 24.0 Å². The lowest BCUT2D eigenvalue weighted by atomic mass is 9.85. The first-order valence-electron chi connectivity index (χ1n) is 9.61. The smallest absolute Gasteiger partial charge is 0.191 e. The standard InChI is InChI=1S/C22H28N6.HI/c1-4-23-21(26-17-22(2,3)19-9-6-5-7-10-19)25-16-18-11-13-24-20(15-18)28-14-8-12-27-28;/h5-15H,4,16-17H2,1-3H3,(H2,23,25,26);1H. The molecule has 0 fully saturated rings. The first kappa shape index (κ1) is 22.9. The quantitative estimate of drug-likeness (QED) is 0.291. The molecule has 154 valence electrons. The summed E-state index contributed by atoms with van der Waals surface area (Å²) in [6.45, 7) is 8.71. The Labute approximate surface area is 189 Å². The first-order valence-corrected chi connectivity index (χ1v) is 9.61. The number of nitrogens with zero attached hydrogens (tertiary/aromatic N) is 4. The molecule has 0 spiro atoms. The highest BCUT2D eigenvalue weighted by Crippen LogP contribution is 2.21. The van der Waals surface area contributed by atoms with Crippen LogP contribution in [0.25, 0.3) is 5.82 Å². The molecule has 0 radical (unpaired) electrons. The maximum atomic E-state index is 4.74. The molecule has 0 amide bonds. The van der Waals surface area contributed by atoms with Crippen molar-refractivity contribution in [1.82, 2.24) is 25.4 Å². The molecule has 3 rings (SSSR count). The second kappa shape index (κ2) is 10.9. The van der Waals surface area contributed by atoms with Crippen molar-refractivity contribution in [2.24, 2.45) is 4.99 Å². The normalized spacial score (nSPS) is 11.6. The van der Waals surface area contributed by atoms with Gasteiger partial charge in [0, 0.05) is 37.1 Å². The number of nitrogens with one attached hydrogen (secondary N) is 2. The lowest BCUT2D eigenvalue weighted by molar-refractivity contribution is 0.508. The van der Waals surface area contributed by atoms with Crippen molar-refractivity contribution in [3.05, 3.63) is 78.2 Å². The number of guanidine groups is 1. The zero-order valence-corrected chi connectivity index (χ0v) is 19.5. The van der Waals surface area contributed by atoms with Crippen LogP contribution in [0, 0.1) is 0 Å². The summed E-state index contributed by atoms with van der Waals surface area (Å²) in [7, 11) is 0. The number of aromatic nitrogens is 3. The molecule has 0 saturated carbocycles. The number of aliphatic imine (C=N–C) groups is 1. The van der Waals surface area contributed by atoms with Gasteiger partial charge < -0.3 is 10.6 Å². The molecule has 0 aliphatic carbocycles.